The molecule has 1 aromatic rings. The van der Waals surface area contributed by atoms with Crippen molar-refractivity contribution in [1.82, 2.24) is 4.98 Å². The number of pyridine rings is 1. The van der Waals surface area contributed by atoms with Crippen LogP contribution in [0.1, 0.15) is 28.0 Å². The number of aldehydes is 1. The van der Waals surface area contributed by atoms with Crippen LogP contribution in [-0.4, -0.2) is 11.3 Å². The lowest BCUT2D eigenvalue weighted by Crippen LogP contribution is -2.05. The molecule has 3 nitrogen and oxygen atoms in total. The van der Waals surface area contributed by atoms with Crippen molar-refractivity contribution in [2.24, 2.45) is 0 Å². The molecule has 0 bridgehead atoms. The summed E-state index contributed by atoms with van der Waals surface area (Å²) >= 11 is 3.07. The number of hydrogen-bond donors (Lipinski definition) is 1. The van der Waals surface area contributed by atoms with E-state index in [4.69, 9.17) is 5.73 Å². The molecule has 0 fully saturated rings. The van der Waals surface area contributed by atoms with Crippen LogP contribution in [0.4, 0.5) is 14.5 Å². The SMILES string of the molecule is Nc1cnc(C(F)F)c(C=O)c1CBr. The first-order valence-corrected chi connectivity index (χ1v) is 4.80. The summed E-state index contributed by atoms with van der Waals surface area (Å²) in [5.74, 6) is 0. The third-order valence-corrected chi connectivity index (χ3v) is 2.31. The van der Waals surface area contributed by atoms with E-state index in [0.717, 1.165) is 6.20 Å². The largest absolute Gasteiger partial charge is 0.397 e. The molecule has 6 heteroatoms. The van der Waals surface area contributed by atoms with Crippen LogP contribution in [0.15, 0.2) is 6.20 Å². The van der Waals surface area contributed by atoms with Gasteiger partial charge in [0.05, 0.1) is 11.9 Å². The smallest absolute Gasteiger partial charge is 0.281 e. The van der Waals surface area contributed by atoms with Gasteiger partial charge in [0.15, 0.2) is 6.29 Å². The van der Waals surface area contributed by atoms with Gasteiger partial charge in [0.1, 0.15) is 5.69 Å². The lowest BCUT2D eigenvalue weighted by atomic mass is 10.1. The molecule has 0 amide bonds. The number of hydrogen-bond acceptors (Lipinski definition) is 3. The number of rotatable bonds is 3. The molecule has 0 spiro atoms. The molecular formula is C8H7BrF2N2O. The number of nitrogens with zero attached hydrogens (tertiary/aromatic N) is 1. The zero-order chi connectivity index (χ0) is 10.7. The van der Waals surface area contributed by atoms with Crippen molar-refractivity contribution in [3.05, 3.63) is 23.0 Å². The molecule has 0 atom stereocenters. The average molecular weight is 265 g/mol. The topological polar surface area (TPSA) is 56.0 Å². The molecule has 76 valence electrons. The summed E-state index contributed by atoms with van der Waals surface area (Å²) in [4.78, 5) is 14.0. The second-order valence-electron chi connectivity index (χ2n) is 2.54. The average Bonchev–Trinajstić information content (AvgIpc) is 2.16. The van der Waals surface area contributed by atoms with E-state index in [1.54, 1.807) is 0 Å². The zero-order valence-electron chi connectivity index (χ0n) is 7.01. The maximum absolute atomic E-state index is 12.4. The van der Waals surface area contributed by atoms with Crippen molar-refractivity contribution in [2.45, 2.75) is 11.8 Å². The third kappa shape index (κ3) is 1.89. The Morgan fingerprint density at radius 3 is 2.71 bits per heavy atom. The number of halogens is 3. The second kappa shape index (κ2) is 4.45. The molecule has 0 aliphatic carbocycles. The standard InChI is InChI=1S/C8H7BrF2N2O/c9-1-4-5(3-14)7(8(10)11)13-2-6(4)12/h2-3,8H,1,12H2. The highest BCUT2D eigenvalue weighted by Gasteiger charge is 2.18. The molecule has 0 aromatic carbocycles. The van der Waals surface area contributed by atoms with Gasteiger partial charge in [0.2, 0.25) is 0 Å². The molecule has 0 saturated carbocycles. The Bertz CT molecular complexity index is 357. The van der Waals surface area contributed by atoms with E-state index in [0.29, 0.717) is 11.8 Å². The van der Waals surface area contributed by atoms with E-state index >= 15 is 0 Å². The predicted octanol–water partition coefficient (Wildman–Crippen LogP) is 2.31. The van der Waals surface area contributed by atoms with E-state index < -0.39 is 12.1 Å². The highest BCUT2D eigenvalue weighted by molar-refractivity contribution is 9.08. The number of carbonyl (C=O) groups excluding carboxylic acids is 1. The van der Waals surface area contributed by atoms with Crippen molar-refractivity contribution < 1.29 is 13.6 Å². The summed E-state index contributed by atoms with van der Waals surface area (Å²) in [5, 5.41) is 0.245. The molecule has 1 heterocycles. The maximum Gasteiger partial charge on any atom is 0.281 e. The maximum atomic E-state index is 12.4. The van der Waals surface area contributed by atoms with Crippen molar-refractivity contribution in [1.29, 1.82) is 0 Å². The first-order valence-electron chi connectivity index (χ1n) is 3.68. The van der Waals surface area contributed by atoms with Gasteiger partial charge in [0.25, 0.3) is 6.43 Å². The summed E-state index contributed by atoms with van der Waals surface area (Å²) < 4.78 is 24.8. The second-order valence-corrected chi connectivity index (χ2v) is 3.10. The molecule has 0 saturated heterocycles. The molecule has 1 aromatic heterocycles. The van der Waals surface area contributed by atoms with Gasteiger partial charge in [-0.2, -0.15) is 0 Å². The zero-order valence-corrected chi connectivity index (χ0v) is 8.59. The summed E-state index contributed by atoms with van der Waals surface area (Å²) in [7, 11) is 0. The number of alkyl halides is 3. The van der Waals surface area contributed by atoms with Crippen LogP contribution >= 0.6 is 15.9 Å². The highest BCUT2D eigenvalue weighted by Crippen LogP contribution is 2.26. The Balaban J connectivity index is 3.40. The fourth-order valence-corrected chi connectivity index (χ4v) is 1.68. The molecule has 2 N–H and O–H groups in total. The Kier molecular flexibility index (Phi) is 3.51. The molecule has 0 aliphatic heterocycles. The minimum Gasteiger partial charge on any atom is -0.397 e. The van der Waals surface area contributed by atoms with Crippen LogP contribution < -0.4 is 5.73 Å². The van der Waals surface area contributed by atoms with Crippen molar-refractivity contribution in [3.63, 3.8) is 0 Å². The monoisotopic (exact) mass is 264 g/mol. The first-order chi connectivity index (χ1) is 6.61. The number of carbonyl (C=O) groups is 1. The molecular weight excluding hydrogens is 258 g/mol. The molecule has 0 unspecified atom stereocenters. The van der Waals surface area contributed by atoms with E-state index in [1.165, 1.54) is 0 Å². The molecule has 1 rings (SSSR count). The fourth-order valence-electron chi connectivity index (χ4n) is 1.05. The van der Waals surface area contributed by atoms with Gasteiger partial charge in [-0.25, -0.2) is 8.78 Å². The minimum absolute atomic E-state index is 0.128. The summed E-state index contributed by atoms with van der Waals surface area (Å²) in [6, 6.07) is 0. The van der Waals surface area contributed by atoms with Crippen LogP contribution in [0, 0.1) is 0 Å². The van der Waals surface area contributed by atoms with E-state index in [2.05, 4.69) is 20.9 Å². The minimum atomic E-state index is -2.77. The van der Waals surface area contributed by atoms with Gasteiger partial charge in [-0.3, -0.25) is 9.78 Å². The Hall–Kier alpha value is -1.04. The van der Waals surface area contributed by atoms with Crippen molar-refractivity contribution >= 4 is 27.9 Å². The van der Waals surface area contributed by atoms with Gasteiger partial charge in [-0.15, -0.1) is 0 Å². The molecule has 0 radical (unpaired) electrons. The predicted molar refractivity (Wildman–Crippen MR) is 51.6 cm³/mol. The Labute approximate surface area is 87.4 Å². The molecule has 14 heavy (non-hydrogen) atoms. The van der Waals surface area contributed by atoms with E-state index in [-0.39, 0.29) is 16.6 Å². The lowest BCUT2D eigenvalue weighted by Gasteiger charge is -2.09. The van der Waals surface area contributed by atoms with Crippen LogP contribution in [0.5, 0.6) is 0 Å². The van der Waals surface area contributed by atoms with Crippen molar-refractivity contribution in [2.75, 3.05) is 5.73 Å². The first kappa shape index (κ1) is 11.0. The normalized spacial score (nSPS) is 10.6. The van der Waals surface area contributed by atoms with Crippen LogP contribution in [0.3, 0.4) is 0 Å². The quantitative estimate of drug-likeness (QED) is 0.674. The van der Waals surface area contributed by atoms with E-state index in [1.807, 2.05) is 0 Å². The Morgan fingerprint density at radius 2 is 2.29 bits per heavy atom. The van der Waals surface area contributed by atoms with E-state index in [9.17, 15) is 13.6 Å². The van der Waals surface area contributed by atoms with Crippen molar-refractivity contribution in [3.8, 4) is 0 Å². The highest BCUT2D eigenvalue weighted by atomic mass is 79.9. The van der Waals surface area contributed by atoms with Gasteiger partial charge in [-0.1, -0.05) is 15.9 Å². The van der Waals surface area contributed by atoms with Gasteiger partial charge >= 0.3 is 0 Å². The van der Waals surface area contributed by atoms with Gasteiger partial charge in [-0.05, 0) is 5.56 Å². The fraction of sp³-hybridized carbons (Fsp3) is 0.250. The van der Waals surface area contributed by atoms with Gasteiger partial charge < -0.3 is 5.73 Å². The summed E-state index contributed by atoms with van der Waals surface area (Å²) in [6.45, 7) is 0. The number of aromatic nitrogens is 1. The number of nitrogen functional groups attached to an aromatic ring is 1. The van der Waals surface area contributed by atoms with Gasteiger partial charge in [0, 0.05) is 10.9 Å². The van der Waals surface area contributed by atoms with Crippen LogP contribution in [0.25, 0.3) is 0 Å². The Morgan fingerprint density at radius 1 is 1.64 bits per heavy atom. The summed E-state index contributed by atoms with van der Waals surface area (Å²) in [5.41, 5.74) is 5.41. The molecule has 0 aliphatic rings. The number of anilines is 1. The third-order valence-electron chi connectivity index (χ3n) is 1.75. The van der Waals surface area contributed by atoms with Crippen LogP contribution in [0.2, 0.25) is 0 Å². The number of nitrogens with two attached hydrogens (primary N) is 1. The lowest BCUT2D eigenvalue weighted by molar-refractivity contribution is 0.110. The summed E-state index contributed by atoms with van der Waals surface area (Å²) in [6.07, 6.45) is -1.29. The van der Waals surface area contributed by atoms with Crippen LogP contribution in [-0.2, 0) is 5.33 Å².